The second kappa shape index (κ2) is 6.53. The average Bonchev–Trinajstić information content (AvgIpc) is 2.38. The highest BCUT2D eigenvalue weighted by molar-refractivity contribution is 6.29. The predicted molar refractivity (Wildman–Crippen MR) is 79.9 cm³/mol. The van der Waals surface area contributed by atoms with Crippen LogP contribution in [0.5, 0.6) is 0 Å². The van der Waals surface area contributed by atoms with E-state index in [1.807, 2.05) is 6.07 Å². The molecule has 2 heterocycles. The molecule has 2 rings (SSSR count). The molecular weight excluding hydrogens is 260 g/mol. The molecule has 0 amide bonds. The number of hydrogen-bond acceptors (Lipinski definition) is 4. The molecule has 1 N–H and O–H groups in total. The van der Waals surface area contributed by atoms with E-state index < -0.39 is 0 Å². The van der Waals surface area contributed by atoms with Crippen molar-refractivity contribution in [3.05, 3.63) is 17.0 Å². The van der Waals surface area contributed by atoms with Crippen LogP contribution in [0.1, 0.15) is 45.4 Å². The summed E-state index contributed by atoms with van der Waals surface area (Å²) in [6.45, 7) is 9.76. The Morgan fingerprint density at radius 3 is 2.95 bits per heavy atom. The van der Waals surface area contributed by atoms with Crippen molar-refractivity contribution in [1.29, 1.82) is 0 Å². The normalized spacial score (nSPS) is 20.8. The topological polar surface area (TPSA) is 41.0 Å². The summed E-state index contributed by atoms with van der Waals surface area (Å²) in [6.07, 6.45) is 2.43. The number of nitrogens with one attached hydrogen (secondary N) is 1. The summed E-state index contributed by atoms with van der Waals surface area (Å²) >= 11 is 6.07. The first-order valence-corrected chi connectivity index (χ1v) is 7.49. The van der Waals surface area contributed by atoms with Gasteiger partial charge in [-0.2, -0.15) is 0 Å². The Balaban J connectivity index is 2.06. The minimum Gasteiger partial charge on any atom is -0.366 e. The monoisotopic (exact) mass is 282 g/mol. The number of aromatic nitrogens is 2. The van der Waals surface area contributed by atoms with Gasteiger partial charge in [0.15, 0.2) is 0 Å². The van der Waals surface area contributed by atoms with Crippen LogP contribution >= 0.6 is 11.6 Å². The molecule has 106 valence electrons. The lowest BCUT2D eigenvalue weighted by molar-refractivity contribution is 0.226. The van der Waals surface area contributed by atoms with E-state index in [0.717, 1.165) is 24.7 Å². The van der Waals surface area contributed by atoms with Crippen molar-refractivity contribution in [3.8, 4) is 0 Å². The Morgan fingerprint density at radius 1 is 1.47 bits per heavy atom. The van der Waals surface area contributed by atoms with Crippen LogP contribution in [0.15, 0.2) is 6.07 Å². The summed E-state index contributed by atoms with van der Waals surface area (Å²) in [5.41, 5.74) is 0. The number of halogens is 1. The molecule has 0 radical (unpaired) electrons. The van der Waals surface area contributed by atoms with Crippen molar-refractivity contribution in [2.45, 2.75) is 45.6 Å². The Kier molecular flexibility index (Phi) is 4.99. The first-order valence-electron chi connectivity index (χ1n) is 7.12. The predicted octanol–water partition coefficient (Wildman–Crippen LogP) is 3.15. The van der Waals surface area contributed by atoms with E-state index in [0.29, 0.717) is 11.2 Å². The standard InChI is InChI=1S/C14H23ClN4/c1-4-19-7-5-6-11(9-19)16-13-8-12(15)17-14(18-13)10(2)3/h8,10-11H,4-7,9H2,1-3H3,(H,16,17,18). The molecule has 1 aromatic heterocycles. The second-order valence-electron chi connectivity index (χ2n) is 5.47. The highest BCUT2D eigenvalue weighted by atomic mass is 35.5. The molecule has 1 aliphatic heterocycles. The fourth-order valence-electron chi connectivity index (χ4n) is 2.44. The average molecular weight is 283 g/mol. The van der Waals surface area contributed by atoms with Crippen LogP contribution in [0, 0.1) is 0 Å². The smallest absolute Gasteiger partial charge is 0.135 e. The van der Waals surface area contributed by atoms with Crippen molar-refractivity contribution in [2.75, 3.05) is 25.0 Å². The largest absolute Gasteiger partial charge is 0.366 e. The van der Waals surface area contributed by atoms with Gasteiger partial charge in [-0.3, -0.25) is 0 Å². The molecule has 1 fully saturated rings. The van der Waals surface area contributed by atoms with E-state index in [2.05, 4.69) is 41.0 Å². The van der Waals surface area contributed by atoms with Gasteiger partial charge in [-0.15, -0.1) is 0 Å². The third kappa shape index (κ3) is 4.05. The van der Waals surface area contributed by atoms with E-state index >= 15 is 0 Å². The van der Waals surface area contributed by atoms with Crippen molar-refractivity contribution in [3.63, 3.8) is 0 Å². The third-order valence-corrected chi connectivity index (χ3v) is 3.73. The Hall–Kier alpha value is -0.870. The number of nitrogens with zero attached hydrogens (tertiary/aromatic N) is 3. The molecule has 1 saturated heterocycles. The van der Waals surface area contributed by atoms with Crippen molar-refractivity contribution in [2.24, 2.45) is 0 Å². The fraction of sp³-hybridized carbons (Fsp3) is 0.714. The van der Waals surface area contributed by atoms with E-state index in [9.17, 15) is 0 Å². The van der Waals surface area contributed by atoms with Crippen LogP contribution in [0.25, 0.3) is 0 Å². The number of piperidine rings is 1. The maximum absolute atomic E-state index is 6.07. The number of hydrogen-bond donors (Lipinski definition) is 1. The molecule has 1 atom stereocenters. The van der Waals surface area contributed by atoms with E-state index in [-0.39, 0.29) is 5.92 Å². The van der Waals surface area contributed by atoms with Gasteiger partial charge in [0.2, 0.25) is 0 Å². The van der Waals surface area contributed by atoms with Gasteiger partial charge in [0.05, 0.1) is 0 Å². The lowest BCUT2D eigenvalue weighted by Gasteiger charge is -2.32. The number of anilines is 1. The fourth-order valence-corrected chi connectivity index (χ4v) is 2.63. The van der Waals surface area contributed by atoms with Gasteiger partial charge in [-0.05, 0) is 25.9 Å². The summed E-state index contributed by atoms with van der Waals surface area (Å²) in [6, 6.07) is 2.28. The Bertz CT molecular complexity index is 422. The second-order valence-corrected chi connectivity index (χ2v) is 5.85. The van der Waals surface area contributed by atoms with Crippen molar-refractivity contribution >= 4 is 17.4 Å². The highest BCUT2D eigenvalue weighted by Crippen LogP contribution is 2.19. The van der Waals surface area contributed by atoms with Crippen molar-refractivity contribution < 1.29 is 0 Å². The molecule has 1 unspecified atom stereocenters. The molecule has 19 heavy (non-hydrogen) atoms. The molecule has 0 bridgehead atoms. The summed E-state index contributed by atoms with van der Waals surface area (Å²) in [4.78, 5) is 11.3. The van der Waals surface area contributed by atoms with Crippen LogP contribution in [-0.2, 0) is 0 Å². The number of likely N-dealkylation sites (tertiary alicyclic amines) is 1. The van der Waals surface area contributed by atoms with Crippen LogP contribution in [0.3, 0.4) is 0 Å². The minimum atomic E-state index is 0.290. The van der Waals surface area contributed by atoms with Crippen LogP contribution in [0.4, 0.5) is 5.82 Å². The van der Waals surface area contributed by atoms with Crippen LogP contribution in [0.2, 0.25) is 5.15 Å². The first kappa shape index (κ1) is 14.5. The third-order valence-electron chi connectivity index (χ3n) is 3.53. The van der Waals surface area contributed by atoms with Gasteiger partial charge in [0.25, 0.3) is 0 Å². The lowest BCUT2D eigenvalue weighted by atomic mass is 10.1. The maximum Gasteiger partial charge on any atom is 0.135 e. The molecule has 0 aromatic carbocycles. The van der Waals surface area contributed by atoms with Gasteiger partial charge in [0, 0.05) is 24.6 Å². The minimum absolute atomic E-state index is 0.290. The van der Waals surface area contributed by atoms with E-state index in [4.69, 9.17) is 11.6 Å². The first-order chi connectivity index (χ1) is 9.08. The van der Waals surface area contributed by atoms with Crippen LogP contribution in [-0.4, -0.2) is 40.5 Å². The zero-order valence-electron chi connectivity index (χ0n) is 12.0. The van der Waals surface area contributed by atoms with E-state index in [1.54, 1.807) is 0 Å². The summed E-state index contributed by atoms with van der Waals surface area (Å²) < 4.78 is 0. The van der Waals surface area contributed by atoms with Gasteiger partial charge >= 0.3 is 0 Å². The molecule has 0 spiro atoms. The van der Waals surface area contributed by atoms with Crippen molar-refractivity contribution in [1.82, 2.24) is 14.9 Å². The zero-order chi connectivity index (χ0) is 13.8. The molecule has 0 saturated carbocycles. The maximum atomic E-state index is 6.07. The van der Waals surface area contributed by atoms with Gasteiger partial charge in [-0.25, -0.2) is 9.97 Å². The van der Waals surface area contributed by atoms with Gasteiger partial charge < -0.3 is 10.2 Å². The summed E-state index contributed by atoms with van der Waals surface area (Å²) in [7, 11) is 0. The van der Waals surface area contributed by atoms with Gasteiger partial charge in [0.1, 0.15) is 16.8 Å². The highest BCUT2D eigenvalue weighted by Gasteiger charge is 2.19. The Labute approximate surface area is 120 Å². The SMILES string of the molecule is CCN1CCCC(Nc2cc(Cl)nc(C(C)C)n2)C1. The molecule has 1 aliphatic rings. The van der Waals surface area contributed by atoms with E-state index in [1.165, 1.54) is 19.4 Å². The molecule has 4 nitrogen and oxygen atoms in total. The molecule has 5 heteroatoms. The Morgan fingerprint density at radius 2 is 2.26 bits per heavy atom. The summed E-state index contributed by atoms with van der Waals surface area (Å²) in [5.74, 6) is 1.95. The van der Waals surface area contributed by atoms with Gasteiger partial charge in [-0.1, -0.05) is 32.4 Å². The van der Waals surface area contributed by atoms with Crippen LogP contribution < -0.4 is 5.32 Å². The lowest BCUT2D eigenvalue weighted by Crippen LogP contribution is -2.42. The number of rotatable bonds is 4. The molecule has 1 aromatic rings. The number of likely N-dealkylation sites (N-methyl/N-ethyl adjacent to an activating group) is 1. The molecule has 0 aliphatic carbocycles. The summed E-state index contributed by atoms with van der Waals surface area (Å²) in [5, 5.41) is 4.02. The quantitative estimate of drug-likeness (QED) is 0.862. The zero-order valence-corrected chi connectivity index (χ0v) is 12.7. The molecular formula is C14H23ClN4.